The monoisotopic (exact) mass is 263 g/mol. The number of esters is 1. The van der Waals surface area contributed by atoms with E-state index < -0.39 is 36.3 Å². The van der Waals surface area contributed by atoms with Gasteiger partial charge in [0.2, 0.25) is 0 Å². The molecule has 2 aliphatic heterocycles. The van der Waals surface area contributed by atoms with Crippen molar-refractivity contribution in [3.05, 3.63) is 11.5 Å². The summed E-state index contributed by atoms with van der Waals surface area (Å²) in [5.41, 5.74) is 0. The zero-order chi connectivity index (χ0) is 13.5. The van der Waals surface area contributed by atoms with Gasteiger partial charge in [0.1, 0.15) is 11.9 Å². The molecule has 104 valence electrons. The molecule has 2 aliphatic rings. The fraction of sp³-hybridized carbons (Fsp3) is 0.700. The molecule has 8 heteroatoms. The van der Waals surface area contributed by atoms with Gasteiger partial charge in [-0.25, -0.2) is 4.79 Å². The highest BCUT2D eigenvalue weighted by atomic mass is 16.6. The van der Waals surface area contributed by atoms with Crippen molar-refractivity contribution >= 4 is 5.97 Å². The molecule has 2 rings (SSSR count). The van der Waals surface area contributed by atoms with Crippen LogP contribution in [0, 0.1) is 0 Å². The molecular formula is C10H17NO7. The number of quaternary nitrogens is 1. The van der Waals surface area contributed by atoms with Gasteiger partial charge in [0.05, 0.1) is 32.9 Å². The maximum Gasteiger partial charge on any atom is 0.327 e. The quantitative estimate of drug-likeness (QED) is 0.372. The highest BCUT2D eigenvalue weighted by Gasteiger charge is 2.34. The van der Waals surface area contributed by atoms with Crippen LogP contribution >= 0.6 is 0 Å². The Hall–Kier alpha value is -1.35. The number of rotatable bonds is 2. The van der Waals surface area contributed by atoms with E-state index in [-0.39, 0.29) is 0 Å². The first-order valence-electron chi connectivity index (χ1n) is 5.57. The number of aliphatic hydroxyl groups excluding tert-OH is 3. The van der Waals surface area contributed by atoms with E-state index in [1.165, 1.54) is 0 Å². The molecule has 0 bridgehead atoms. The van der Waals surface area contributed by atoms with Crippen LogP contribution in [0.15, 0.2) is 11.5 Å². The minimum atomic E-state index is -1.46. The topological polar surface area (TPSA) is 136 Å². The minimum Gasteiger partial charge on any atom is -0.865 e. The van der Waals surface area contributed by atoms with Crippen LogP contribution in [-0.2, 0) is 14.3 Å². The van der Waals surface area contributed by atoms with Gasteiger partial charge in [0, 0.05) is 5.76 Å². The predicted molar refractivity (Wildman–Crippen MR) is 55.1 cm³/mol. The van der Waals surface area contributed by atoms with Crippen molar-refractivity contribution in [2.24, 2.45) is 0 Å². The number of hydrogen-bond donors (Lipinski definition) is 4. The first kappa shape index (κ1) is 14.7. The average molecular weight is 263 g/mol. The Labute approximate surface area is 103 Å². The Morgan fingerprint density at radius 2 is 2.06 bits per heavy atom. The molecule has 0 aromatic rings. The summed E-state index contributed by atoms with van der Waals surface area (Å²) in [6.45, 7) is 3.50. The Kier molecular flexibility index (Phi) is 5.86. The van der Waals surface area contributed by atoms with Gasteiger partial charge in [-0.3, -0.25) is 0 Å². The minimum absolute atomic E-state index is 0.699. The van der Waals surface area contributed by atoms with Gasteiger partial charge in [0.15, 0.2) is 6.10 Å². The van der Waals surface area contributed by atoms with Crippen LogP contribution in [0.2, 0.25) is 0 Å². The van der Waals surface area contributed by atoms with Crippen LogP contribution < -0.4 is 10.4 Å². The van der Waals surface area contributed by atoms with Crippen LogP contribution in [0.4, 0.5) is 0 Å². The molecular weight excluding hydrogens is 246 g/mol. The Morgan fingerprint density at radius 3 is 2.33 bits per heavy atom. The number of hydrogen-bond acceptors (Lipinski definition) is 7. The van der Waals surface area contributed by atoms with Crippen LogP contribution in [-0.4, -0.2) is 66.4 Å². The second kappa shape index (κ2) is 7.17. The Morgan fingerprint density at radius 1 is 1.44 bits per heavy atom. The van der Waals surface area contributed by atoms with Crippen LogP contribution in [0.1, 0.15) is 0 Å². The molecule has 0 aliphatic carbocycles. The first-order chi connectivity index (χ1) is 8.57. The smallest absolute Gasteiger partial charge is 0.327 e. The molecule has 2 unspecified atom stereocenters. The lowest BCUT2D eigenvalue weighted by Gasteiger charge is -2.14. The van der Waals surface area contributed by atoms with Gasteiger partial charge in [-0.05, 0) is 0 Å². The van der Waals surface area contributed by atoms with Crippen molar-refractivity contribution in [2.45, 2.75) is 12.2 Å². The fourth-order valence-corrected chi connectivity index (χ4v) is 1.39. The number of carbonyl (C=O) groups excluding carboxylic acids is 1. The summed E-state index contributed by atoms with van der Waals surface area (Å²) in [6, 6.07) is 0. The first-order valence-corrected chi connectivity index (χ1v) is 5.57. The molecule has 0 aromatic heterocycles. The molecule has 8 nitrogen and oxygen atoms in total. The number of morpholine rings is 1. The van der Waals surface area contributed by atoms with Crippen LogP contribution in [0.3, 0.4) is 0 Å². The van der Waals surface area contributed by atoms with Crippen LogP contribution in [0.5, 0.6) is 0 Å². The largest absolute Gasteiger partial charge is 0.865 e. The van der Waals surface area contributed by atoms with E-state index in [1.807, 2.05) is 0 Å². The third-order valence-corrected chi connectivity index (χ3v) is 2.39. The summed E-state index contributed by atoms with van der Waals surface area (Å²) >= 11 is 0. The second-order valence-corrected chi connectivity index (χ2v) is 3.77. The zero-order valence-corrected chi connectivity index (χ0v) is 9.74. The lowest BCUT2D eigenvalue weighted by molar-refractivity contribution is -0.670. The van der Waals surface area contributed by atoms with Gasteiger partial charge in [0.25, 0.3) is 0 Å². The summed E-state index contributed by atoms with van der Waals surface area (Å²) in [5, 5.41) is 39.0. The number of nitrogens with two attached hydrogens (primary N) is 1. The van der Waals surface area contributed by atoms with E-state index in [4.69, 9.17) is 20.1 Å². The van der Waals surface area contributed by atoms with E-state index in [9.17, 15) is 9.90 Å². The molecule has 5 N–H and O–H groups in total. The van der Waals surface area contributed by atoms with Crippen molar-refractivity contribution < 1.29 is 40.0 Å². The molecule has 1 saturated heterocycles. The zero-order valence-electron chi connectivity index (χ0n) is 9.74. The highest BCUT2D eigenvalue weighted by molar-refractivity contribution is 5.88. The van der Waals surface area contributed by atoms with Crippen molar-refractivity contribution in [2.75, 3.05) is 32.9 Å². The molecule has 2 atom stereocenters. The molecule has 2 heterocycles. The summed E-state index contributed by atoms with van der Waals surface area (Å²) in [6.07, 6.45) is -2.88. The van der Waals surface area contributed by atoms with Gasteiger partial charge in [-0.1, -0.05) is 0 Å². The second-order valence-electron chi connectivity index (χ2n) is 3.77. The molecule has 0 amide bonds. The van der Waals surface area contributed by atoms with Crippen LogP contribution in [0.25, 0.3) is 0 Å². The number of aliphatic hydroxyl groups is 3. The molecule has 0 spiro atoms. The molecule has 18 heavy (non-hydrogen) atoms. The highest BCUT2D eigenvalue weighted by Crippen LogP contribution is 2.19. The van der Waals surface area contributed by atoms with Crippen molar-refractivity contribution in [1.29, 1.82) is 0 Å². The lowest BCUT2D eigenvalue weighted by atomic mass is 10.2. The standard InChI is InChI=1S/C6H8O6.C4H9NO/c7-1-2(8)5-3(9)4(10)6(11)12-5;1-3-6-4-2-5-1/h2,5,7-10H,1H2;5H,1-4H2. The van der Waals surface area contributed by atoms with Crippen molar-refractivity contribution in [3.8, 4) is 0 Å². The van der Waals surface area contributed by atoms with Crippen molar-refractivity contribution in [3.63, 3.8) is 0 Å². The third-order valence-electron chi connectivity index (χ3n) is 2.39. The lowest BCUT2D eigenvalue weighted by Crippen LogP contribution is -2.87. The van der Waals surface area contributed by atoms with E-state index in [1.54, 1.807) is 0 Å². The Bertz CT molecular complexity index is 302. The third kappa shape index (κ3) is 3.84. The van der Waals surface area contributed by atoms with Gasteiger partial charge >= 0.3 is 5.97 Å². The molecule has 1 fully saturated rings. The Balaban J connectivity index is 0.000000225. The molecule has 0 saturated carbocycles. The average Bonchev–Trinajstić information content (AvgIpc) is 2.68. The maximum absolute atomic E-state index is 10.6. The van der Waals surface area contributed by atoms with Crippen molar-refractivity contribution in [1.82, 2.24) is 0 Å². The fourth-order valence-electron chi connectivity index (χ4n) is 1.39. The van der Waals surface area contributed by atoms with Gasteiger partial charge in [-0.15, -0.1) is 0 Å². The van der Waals surface area contributed by atoms with Gasteiger partial charge in [-0.2, -0.15) is 0 Å². The van der Waals surface area contributed by atoms with E-state index in [0.29, 0.717) is 0 Å². The number of ether oxygens (including phenoxy) is 2. The van der Waals surface area contributed by atoms with E-state index in [2.05, 4.69) is 10.1 Å². The normalized spacial score (nSPS) is 25.2. The predicted octanol–water partition coefficient (Wildman–Crippen LogP) is -4.03. The van der Waals surface area contributed by atoms with E-state index in [0.717, 1.165) is 26.3 Å². The number of carbonyl (C=O) groups is 1. The molecule has 0 radical (unpaired) electrons. The number of cyclic esters (lactones) is 1. The SMILES string of the molecule is C1COCC[NH2+]1.O=C1OC(C(O)CO)C(O)=C1[O-]. The summed E-state index contributed by atoms with van der Waals surface area (Å²) in [7, 11) is 0. The summed E-state index contributed by atoms with van der Waals surface area (Å²) < 4.78 is 9.29. The van der Waals surface area contributed by atoms with E-state index >= 15 is 0 Å². The molecule has 0 aromatic carbocycles. The maximum atomic E-state index is 10.6. The summed E-state index contributed by atoms with van der Waals surface area (Å²) in [4.78, 5) is 10.5. The van der Waals surface area contributed by atoms with Gasteiger partial charge < -0.3 is 35.2 Å². The summed E-state index contributed by atoms with van der Waals surface area (Å²) in [5.74, 6) is -3.25.